The number of hydrogen-bond donors (Lipinski definition) is 2. The maximum absolute atomic E-state index is 9.06. The van der Waals surface area contributed by atoms with Gasteiger partial charge in [-0.05, 0) is 58.3 Å². The lowest BCUT2D eigenvalue weighted by Gasteiger charge is -2.16. The summed E-state index contributed by atoms with van der Waals surface area (Å²) in [5.74, 6) is 1.45. The average molecular weight is 344 g/mol. The van der Waals surface area contributed by atoms with Crippen molar-refractivity contribution in [3.05, 3.63) is 22.2 Å². The Balaban J connectivity index is 1.94. The van der Waals surface area contributed by atoms with Gasteiger partial charge >= 0.3 is 0 Å². The van der Waals surface area contributed by atoms with E-state index < -0.39 is 0 Å². The van der Waals surface area contributed by atoms with Crippen LogP contribution in [0.15, 0.2) is 16.6 Å². The first-order chi connectivity index (χ1) is 9.64. The van der Waals surface area contributed by atoms with Crippen molar-refractivity contribution >= 4 is 15.9 Å². The van der Waals surface area contributed by atoms with Crippen LogP contribution in [-0.2, 0) is 6.54 Å². The number of halogens is 1. The maximum atomic E-state index is 9.06. The molecule has 5 heteroatoms. The highest BCUT2D eigenvalue weighted by Gasteiger charge is 2.41. The van der Waals surface area contributed by atoms with Crippen molar-refractivity contribution in [3.63, 3.8) is 0 Å². The average Bonchev–Trinajstić information content (AvgIpc) is 3.18. The van der Waals surface area contributed by atoms with Gasteiger partial charge in [-0.3, -0.25) is 0 Å². The van der Waals surface area contributed by atoms with E-state index >= 15 is 0 Å². The van der Waals surface area contributed by atoms with Gasteiger partial charge in [0, 0.05) is 19.7 Å². The molecule has 1 saturated carbocycles. The summed E-state index contributed by atoms with van der Waals surface area (Å²) in [5, 5.41) is 12.5. The minimum Gasteiger partial charge on any atom is -0.493 e. The van der Waals surface area contributed by atoms with E-state index in [9.17, 15) is 0 Å². The SMILES string of the molecule is COc1cc(CNCC2(CCO)CC2)cc(Br)c1OC. The summed E-state index contributed by atoms with van der Waals surface area (Å²) >= 11 is 3.50. The molecule has 2 N–H and O–H groups in total. The van der Waals surface area contributed by atoms with Crippen molar-refractivity contribution < 1.29 is 14.6 Å². The summed E-state index contributed by atoms with van der Waals surface area (Å²) in [4.78, 5) is 0. The number of benzene rings is 1. The Hall–Kier alpha value is -0.780. The quantitative estimate of drug-likeness (QED) is 0.761. The first-order valence-electron chi connectivity index (χ1n) is 6.86. The smallest absolute Gasteiger partial charge is 0.174 e. The second kappa shape index (κ2) is 6.78. The zero-order chi connectivity index (χ0) is 14.6. The number of nitrogens with one attached hydrogen (secondary N) is 1. The van der Waals surface area contributed by atoms with Crippen molar-refractivity contribution in [3.8, 4) is 11.5 Å². The third-order valence-corrected chi connectivity index (χ3v) is 4.51. The lowest BCUT2D eigenvalue weighted by Crippen LogP contribution is -2.24. The topological polar surface area (TPSA) is 50.7 Å². The first-order valence-corrected chi connectivity index (χ1v) is 7.65. The predicted octanol–water partition coefficient (Wildman–Crippen LogP) is 2.72. The largest absolute Gasteiger partial charge is 0.493 e. The van der Waals surface area contributed by atoms with E-state index in [2.05, 4.69) is 21.2 Å². The van der Waals surface area contributed by atoms with Crippen LogP contribution in [0.5, 0.6) is 11.5 Å². The molecule has 20 heavy (non-hydrogen) atoms. The second-order valence-corrected chi connectivity index (χ2v) is 6.24. The molecule has 0 heterocycles. The molecule has 0 atom stereocenters. The third-order valence-electron chi connectivity index (χ3n) is 3.92. The molecule has 0 unspecified atom stereocenters. The number of aliphatic hydroxyl groups is 1. The summed E-state index contributed by atoms with van der Waals surface area (Å²) < 4.78 is 11.5. The standard InChI is InChI=1S/C15H22BrNO3/c1-19-13-8-11(7-12(16)14(13)20-2)9-17-10-15(3-4-15)5-6-18/h7-8,17-18H,3-6,9-10H2,1-2H3. The molecule has 112 valence electrons. The molecule has 1 aromatic rings. The van der Waals surface area contributed by atoms with Crippen molar-refractivity contribution in [1.29, 1.82) is 0 Å². The van der Waals surface area contributed by atoms with E-state index in [4.69, 9.17) is 14.6 Å². The van der Waals surface area contributed by atoms with Crippen LogP contribution in [0.2, 0.25) is 0 Å². The Bertz CT molecular complexity index is 461. The van der Waals surface area contributed by atoms with Gasteiger partial charge in [0.15, 0.2) is 11.5 Å². The summed E-state index contributed by atoms with van der Waals surface area (Å²) in [5.41, 5.74) is 1.48. The van der Waals surface area contributed by atoms with Gasteiger partial charge in [0.1, 0.15) is 0 Å². The Morgan fingerprint density at radius 2 is 2.05 bits per heavy atom. The molecule has 1 aliphatic rings. The summed E-state index contributed by atoms with van der Waals surface area (Å²) in [6.45, 7) is 2.02. The number of rotatable bonds is 8. The molecule has 0 aliphatic heterocycles. The second-order valence-electron chi connectivity index (χ2n) is 5.39. The van der Waals surface area contributed by atoms with E-state index in [1.165, 1.54) is 12.8 Å². The van der Waals surface area contributed by atoms with Crippen LogP contribution in [-0.4, -0.2) is 32.5 Å². The fourth-order valence-electron chi connectivity index (χ4n) is 2.47. The van der Waals surface area contributed by atoms with E-state index in [0.29, 0.717) is 5.41 Å². The molecular formula is C15H22BrNO3. The lowest BCUT2D eigenvalue weighted by molar-refractivity contribution is 0.245. The zero-order valence-corrected chi connectivity index (χ0v) is 13.6. The molecule has 4 nitrogen and oxygen atoms in total. The van der Waals surface area contributed by atoms with Gasteiger partial charge in [-0.15, -0.1) is 0 Å². The maximum Gasteiger partial charge on any atom is 0.174 e. The van der Waals surface area contributed by atoms with Gasteiger partial charge in [-0.25, -0.2) is 0 Å². The molecule has 0 aromatic heterocycles. The van der Waals surface area contributed by atoms with Gasteiger partial charge < -0.3 is 19.9 Å². The molecular weight excluding hydrogens is 322 g/mol. The van der Waals surface area contributed by atoms with E-state index in [0.717, 1.165) is 41.0 Å². The predicted molar refractivity (Wildman–Crippen MR) is 82.3 cm³/mol. The summed E-state index contributed by atoms with van der Waals surface area (Å²) in [7, 11) is 3.27. The Morgan fingerprint density at radius 3 is 2.60 bits per heavy atom. The van der Waals surface area contributed by atoms with Gasteiger partial charge in [0.2, 0.25) is 0 Å². The third kappa shape index (κ3) is 3.65. The molecule has 0 saturated heterocycles. The van der Waals surface area contributed by atoms with Crippen LogP contribution in [0.1, 0.15) is 24.8 Å². The fraction of sp³-hybridized carbons (Fsp3) is 0.600. The van der Waals surface area contributed by atoms with Crippen molar-refractivity contribution in [2.24, 2.45) is 5.41 Å². The highest BCUT2D eigenvalue weighted by molar-refractivity contribution is 9.10. The van der Waals surface area contributed by atoms with Gasteiger partial charge in [0.05, 0.1) is 18.7 Å². The van der Waals surface area contributed by atoms with Crippen molar-refractivity contribution in [2.45, 2.75) is 25.8 Å². The molecule has 2 rings (SSSR count). The number of methoxy groups -OCH3 is 2. The van der Waals surface area contributed by atoms with Crippen LogP contribution in [0, 0.1) is 5.41 Å². The molecule has 0 radical (unpaired) electrons. The normalized spacial score (nSPS) is 16.0. The first kappa shape index (κ1) is 15.6. The van der Waals surface area contributed by atoms with Crippen LogP contribution in [0.25, 0.3) is 0 Å². The van der Waals surface area contributed by atoms with E-state index in [-0.39, 0.29) is 6.61 Å². The molecule has 0 amide bonds. The molecule has 1 aliphatic carbocycles. The van der Waals surface area contributed by atoms with Crippen molar-refractivity contribution in [2.75, 3.05) is 27.4 Å². The van der Waals surface area contributed by atoms with Crippen LogP contribution in [0.4, 0.5) is 0 Å². The van der Waals surface area contributed by atoms with Crippen LogP contribution >= 0.6 is 15.9 Å². The number of hydrogen-bond acceptors (Lipinski definition) is 4. The minimum atomic E-state index is 0.281. The molecule has 0 spiro atoms. The van der Waals surface area contributed by atoms with Crippen molar-refractivity contribution in [1.82, 2.24) is 5.32 Å². The minimum absolute atomic E-state index is 0.281. The van der Waals surface area contributed by atoms with Crippen LogP contribution < -0.4 is 14.8 Å². The zero-order valence-electron chi connectivity index (χ0n) is 12.0. The Morgan fingerprint density at radius 1 is 1.30 bits per heavy atom. The number of ether oxygens (including phenoxy) is 2. The molecule has 1 fully saturated rings. The fourth-order valence-corrected chi connectivity index (χ4v) is 3.13. The highest BCUT2D eigenvalue weighted by Crippen LogP contribution is 2.48. The Labute approximate surface area is 128 Å². The van der Waals surface area contributed by atoms with Gasteiger partial charge in [-0.1, -0.05) is 0 Å². The Kier molecular flexibility index (Phi) is 5.29. The summed E-state index contributed by atoms with van der Waals surface area (Å²) in [6, 6.07) is 4.03. The lowest BCUT2D eigenvalue weighted by atomic mass is 10.0. The monoisotopic (exact) mass is 343 g/mol. The van der Waals surface area contributed by atoms with E-state index in [1.807, 2.05) is 12.1 Å². The highest BCUT2D eigenvalue weighted by atomic mass is 79.9. The molecule has 1 aromatic carbocycles. The van der Waals surface area contributed by atoms with Crippen LogP contribution in [0.3, 0.4) is 0 Å². The van der Waals surface area contributed by atoms with E-state index in [1.54, 1.807) is 14.2 Å². The molecule has 0 bridgehead atoms. The summed E-state index contributed by atoms with van der Waals surface area (Å²) in [6.07, 6.45) is 3.34. The van der Waals surface area contributed by atoms with Gasteiger partial charge in [-0.2, -0.15) is 0 Å². The number of aliphatic hydroxyl groups excluding tert-OH is 1. The van der Waals surface area contributed by atoms with Gasteiger partial charge in [0.25, 0.3) is 0 Å².